The summed E-state index contributed by atoms with van der Waals surface area (Å²) < 4.78 is 10.3. The van der Waals surface area contributed by atoms with Crippen molar-refractivity contribution in [3.63, 3.8) is 0 Å². The van der Waals surface area contributed by atoms with Crippen molar-refractivity contribution in [3.8, 4) is 5.75 Å². The lowest BCUT2D eigenvalue weighted by atomic mass is 10.1. The van der Waals surface area contributed by atoms with Gasteiger partial charge in [-0.25, -0.2) is 4.79 Å². The third-order valence-corrected chi connectivity index (χ3v) is 2.56. The van der Waals surface area contributed by atoms with Crippen molar-refractivity contribution in [2.75, 3.05) is 0 Å². The molecular weight excluding hydrogens is 266 g/mol. The number of aryl methyl sites for hydroxylation is 1. The quantitative estimate of drug-likeness (QED) is 0.665. The molecule has 104 valence electrons. The zero-order valence-electron chi connectivity index (χ0n) is 10.5. The summed E-state index contributed by atoms with van der Waals surface area (Å²) in [7, 11) is 0. The van der Waals surface area contributed by atoms with E-state index in [2.05, 4.69) is 0 Å². The first-order valence-electron chi connectivity index (χ1n) is 5.67. The summed E-state index contributed by atoms with van der Waals surface area (Å²) in [5.41, 5.74) is 0.868. The first-order chi connectivity index (χ1) is 9.47. The van der Waals surface area contributed by atoms with Gasteiger partial charge in [0.05, 0.1) is 6.07 Å². The zero-order valence-corrected chi connectivity index (χ0v) is 10.5. The molecule has 2 aromatic rings. The van der Waals surface area contributed by atoms with Gasteiger partial charge >= 0.3 is 11.9 Å². The highest BCUT2D eigenvalue weighted by molar-refractivity contribution is 5.90. The van der Waals surface area contributed by atoms with Crippen molar-refractivity contribution in [3.05, 3.63) is 57.3 Å². The Kier molecular flexibility index (Phi) is 3.69. The van der Waals surface area contributed by atoms with E-state index in [1.807, 2.05) is 0 Å². The number of carbonyl (C=O) groups is 1. The first kappa shape index (κ1) is 13.6. The topological polar surface area (TPSA) is 103 Å². The van der Waals surface area contributed by atoms with E-state index in [0.717, 1.165) is 5.56 Å². The molecule has 0 amide bonds. The van der Waals surface area contributed by atoms with Crippen LogP contribution in [0.2, 0.25) is 0 Å². The van der Waals surface area contributed by atoms with Crippen LogP contribution in [-0.2, 0) is 6.61 Å². The minimum atomic E-state index is -1.11. The van der Waals surface area contributed by atoms with Gasteiger partial charge < -0.3 is 14.3 Å². The molecule has 0 spiro atoms. The smallest absolute Gasteiger partial charge is 0.433 e. The van der Waals surface area contributed by atoms with Gasteiger partial charge in [0.15, 0.2) is 0 Å². The Hall–Kier alpha value is -2.83. The molecule has 1 heterocycles. The molecular formula is C13H11NO6. The molecule has 0 saturated carbocycles. The molecule has 0 aliphatic heterocycles. The van der Waals surface area contributed by atoms with Gasteiger partial charge in [-0.15, -0.1) is 0 Å². The normalized spacial score (nSPS) is 10.2. The molecule has 0 aliphatic carbocycles. The lowest BCUT2D eigenvalue weighted by Gasteiger charge is -2.08. The van der Waals surface area contributed by atoms with E-state index in [9.17, 15) is 14.9 Å². The van der Waals surface area contributed by atoms with Gasteiger partial charge in [0.2, 0.25) is 0 Å². The Labute approximate surface area is 113 Å². The molecule has 1 aromatic heterocycles. The van der Waals surface area contributed by atoms with Gasteiger partial charge in [-0.05, 0) is 30.7 Å². The summed E-state index contributed by atoms with van der Waals surface area (Å²) in [5.74, 6) is -1.05. The number of furan rings is 1. The van der Waals surface area contributed by atoms with Crippen LogP contribution < -0.4 is 4.74 Å². The first-order valence-corrected chi connectivity index (χ1v) is 5.67. The zero-order chi connectivity index (χ0) is 14.7. The number of rotatable bonds is 5. The Morgan fingerprint density at radius 1 is 1.40 bits per heavy atom. The van der Waals surface area contributed by atoms with E-state index in [-0.39, 0.29) is 29.6 Å². The summed E-state index contributed by atoms with van der Waals surface area (Å²) in [5, 5.41) is 19.5. The summed E-state index contributed by atoms with van der Waals surface area (Å²) in [6.07, 6.45) is 0. The molecule has 1 aromatic carbocycles. The maximum Gasteiger partial charge on any atom is 0.433 e. The van der Waals surface area contributed by atoms with E-state index in [1.165, 1.54) is 18.2 Å². The molecule has 0 atom stereocenters. The van der Waals surface area contributed by atoms with Crippen LogP contribution in [-0.4, -0.2) is 16.0 Å². The fourth-order valence-corrected chi connectivity index (χ4v) is 1.62. The minimum absolute atomic E-state index is 0.0247. The molecule has 20 heavy (non-hydrogen) atoms. The van der Waals surface area contributed by atoms with E-state index in [1.54, 1.807) is 19.1 Å². The fraction of sp³-hybridized carbons (Fsp3) is 0.154. The van der Waals surface area contributed by atoms with Crippen LogP contribution in [0, 0.1) is 17.0 Å². The predicted molar refractivity (Wildman–Crippen MR) is 67.8 cm³/mol. The monoisotopic (exact) mass is 277 g/mol. The SMILES string of the molecule is Cc1ccc(C(=O)O)c(OCc2ccc([N+](=O)[O-])o2)c1. The number of hydrogen-bond donors (Lipinski definition) is 1. The van der Waals surface area contributed by atoms with Crippen LogP contribution in [0.3, 0.4) is 0 Å². The lowest BCUT2D eigenvalue weighted by molar-refractivity contribution is -0.402. The van der Waals surface area contributed by atoms with Crippen molar-refractivity contribution in [1.29, 1.82) is 0 Å². The third kappa shape index (κ3) is 2.94. The van der Waals surface area contributed by atoms with E-state index in [4.69, 9.17) is 14.3 Å². The second kappa shape index (κ2) is 5.43. The Morgan fingerprint density at radius 3 is 2.75 bits per heavy atom. The summed E-state index contributed by atoms with van der Waals surface area (Å²) in [6, 6.07) is 7.31. The lowest BCUT2D eigenvalue weighted by Crippen LogP contribution is -2.03. The van der Waals surface area contributed by atoms with Crippen LogP contribution >= 0.6 is 0 Å². The number of nitrogens with zero attached hydrogens (tertiary/aromatic N) is 1. The van der Waals surface area contributed by atoms with Gasteiger partial charge in [-0.1, -0.05) is 6.07 Å². The predicted octanol–water partition coefficient (Wildman–Crippen LogP) is 2.77. The molecule has 0 radical (unpaired) electrons. The average molecular weight is 277 g/mol. The summed E-state index contributed by atoms with van der Waals surface area (Å²) in [6.45, 7) is 1.72. The summed E-state index contributed by atoms with van der Waals surface area (Å²) in [4.78, 5) is 20.9. The Bertz CT molecular complexity index is 661. The van der Waals surface area contributed by atoms with Crippen LogP contribution in [0.15, 0.2) is 34.7 Å². The molecule has 2 rings (SSSR count). The maximum absolute atomic E-state index is 11.0. The molecule has 7 heteroatoms. The number of carboxylic acid groups (broad SMARTS) is 1. The molecule has 0 unspecified atom stereocenters. The van der Waals surface area contributed by atoms with Crippen molar-refractivity contribution in [2.45, 2.75) is 13.5 Å². The third-order valence-electron chi connectivity index (χ3n) is 2.56. The van der Waals surface area contributed by atoms with Gasteiger partial charge in [0, 0.05) is 0 Å². The number of hydrogen-bond acceptors (Lipinski definition) is 5. The molecule has 7 nitrogen and oxygen atoms in total. The Morgan fingerprint density at radius 2 is 2.15 bits per heavy atom. The second-order valence-corrected chi connectivity index (χ2v) is 4.09. The van der Waals surface area contributed by atoms with Gasteiger partial charge in [-0.2, -0.15) is 0 Å². The van der Waals surface area contributed by atoms with E-state index >= 15 is 0 Å². The van der Waals surface area contributed by atoms with Crippen molar-refractivity contribution >= 4 is 11.9 Å². The van der Waals surface area contributed by atoms with E-state index < -0.39 is 10.9 Å². The number of aromatic carboxylic acids is 1. The van der Waals surface area contributed by atoms with Crippen LogP contribution in [0.5, 0.6) is 5.75 Å². The van der Waals surface area contributed by atoms with Crippen LogP contribution in [0.25, 0.3) is 0 Å². The minimum Gasteiger partial charge on any atom is -0.485 e. The molecule has 1 N–H and O–H groups in total. The van der Waals surface area contributed by atoms with E-state index in [0.29, 0.717) is 0 Å². The average Bonchev–Trinajstić information content (AvgIpc) is 2.85. The highest BCUT2D eigenvalue weighted by Gasteiger charge is 2.14. The van der Waals surface area contributed by atoms with Crippen molar-refractivity contribution < 1.29 is 24.0 Å². The van der Waals surface area contributed by atoms with Crippen LogP contribution in [0.1, 0.15) is 21.7 Å². The number of carboxylic acids is 1. The molecule has 0 fully saturated rings. The van der Waals surface area contributed by atoms with Gasteiger partial charge in [0.25, 0.3) is 0 Å². The Balaban J connectivity index is 2.15. The highest BCUT2D eigenvalue weighted by Crippen LogP contribution is 2.23. The fourth-order valence-electron chi connectivity index (χ4n) is 1.62. The van der Waals surface area contributed by atoms with Gasteiger partial charge in [0.1, 0.15) is 28.6 Å². The van der Waals surface area contributed by atoms with Crippen molar-refractivity contribution in [2.24, 2.45) is 0 Å². The molecule has 0 aliphatic rings. The second-order valence-electron chi connectivity index (χ2n) is 4.09. The number of ether oxygens (including phenoxy) is 1. The largest absolute Gasteiger partial charge is 0.485 e. The van der Waals surface area contributed by atoms with Crippen LogP contribution in [0.4, 0.5) is 5.88 Å². The molecule has 0 bridgehead atoms. The standard InChI is InChI=1S/C13H11NO6/c1-8-2-4-10(13(15)16)11(6-8)19-7-9-3-5-12(20-9)14(17)18/h2-6H,7H2,1H3,(H,15,16). The highest BCUT2D eigenvalue weighted by atomic mass is 16.6. The van der Waals surface area contributed by atoms with Gasteiger partial charge in [-0.3, -0.25) is 10.1 Å². The maximum atomic E-state index is 11.0. The summed E-state index contributed by atoms with van der Waals surface area (Å²) >= 11 is 0. The molecule has 0 saturated heterocycles. The number of nitro groups is 1. The van der Waals surface area contributed by atoms with Crippen molar-refractivity contribution in [1.82, 2.24) is 0 Å². The number of benzene rings is 1.